The van der Waals surface area contributed by atoms with E-state index in [0.717, 1.165) is 40.9 Å². The van der Waals surface area contributed by atoms with E-state index in [1.165, 1.54) is 0 Å². The van der Waals surface area contributed by atoms with Crippen molar-refractivity contribution in [3.05, 3.63) is 70.7 Å². The van der Waals surface area contributed by atoms with Crippen molar-refractivity contribution in [3.63, 3.8) is 0 Å². The minimum absolute atomic E-state index is 0.0314. The second-order valence-electron chi connectivity index (χ2n) is 12.7. The summed E-state index contributed by atoms with van der Waals surface area (Å²) in [6.07, 6.45) is 3.52. The highest BCUT2D eigenvalue weighted by Crippen LogP contribution is 2.37. The number of benzene rings is 2. The van der Waals surface area contributed by atoms with Crippen LogP contribution in [-0.4, -0.2) is 43.9 Å². The standard InChI is InChI=1S/C35H41N5O5/c1-19-8-12-29(44-24(6)10-13-30(41)42)27(16-19)37-26-17-25(11-9-21(26)3)33-38-34-31(28(36-7)18-40(34)39-33)35(43)45-32-22(4)14-20(2)15-23(32)5/h8-9,11-12,16-18,20,22-24,32,37H,10,13-15H2,1-6H3,(H,38,39)(H,41,42). The van der Waals surface area contributed by atoms with Crippen molar-refractivity contribution >= 4 is 34.6 Å². The fourth-order valence-electron chi connectivity index (χ4n) is 6.44. The van der Waals surface area contributed by atoms with E-state index >= 15 is 0 Å². The zero-order valence-corrected chi connectivity index (χ0v) is 26.7. The van der Waals surface area contributed by atoms with Gasteiger partial charge in [-0.05, 0) is 87.1 Å². The number of anilines is 2. The third kappa shape index (κ3) is 6.98. The number of aromatic nitrogens is 3. The number of aromatic amines is 1. The molecule has 3 unspecified atom stereocenters. The molecule has 2 heterocycles. The molecule has 3 N–H and O–H groups in total. The van der Waals surface area contributed by atoms with Crippen molar-refractivity contribution in [2.24, 2.45) is 17.8 Å². The lowest BCUT2D eigenvalue weighted by atomic mass is 9.75. The van der Waals surface area contributed by atoms with Crippen LogP contribution in [0.4, 0.5) is 17.1 Å². The topological polar surface area (TPSA) is 122 Å². The zero-order valence-electron chi connectivity index (χ0n) is 26.7. The van der Waals surface area contributed by atoms with Crippen LogP contribution < -0.4 is 10.1 Å². The summed E-state index contributed by atoms with van der Waals surface area (Å²) < 4.78 is 13.8. The predicted molar refractivity (Wildman–Crippen MR) is 173 cm³/mol. The number of nitrogens with one attached hydrogen (secondary N) is 2. The van der Waals surface area contributed by atoms with Gasteiger partial charge in [0.15, 0.2) is 11.5 Å². The van der Waals surface area contributed by atoms with Gasteiger partial charge in [0.25, 0.3) is 0 Å². The Morgan fingerprint density at radius 2 is 1.87 bits per heavy atom. The Labute approximate surface area is 263 Å². The Morgan fingerprint density at radius 1 is 1.13 bits per heavy atom. The number of hydrogen-bond donors (Lipinski definition) is 3. The third-order valence-corrected chi connectivity index (χ3v) is 8.65. The SMILES string of the molecule is [C-]#[N+]c1cn2[nH]c(-c3ccc(C)c(Nc4cc(C)ccc4OC(C)CCC(=O)O)c3)nc2c1C(=O)OC1C(C)CC(C)CC1C. The maximum atomic E-state index is 13.5. The molecule has 0 spiro atoms. The van der Waals surface area contributed by atoms with Crippen LogP contribution in [0.3, 0.4) is 0 Å². The van der Waals surface area contributed by atoms with Crippen molar-refractivity contribution < 1.29 is 24.2 Å². The van der Waals surface area contributed by atoms with Gasteiger partial charge in [0.2, 0.25) is 5.69 Å². The summed E-state index contributed by atoms with van der Waals surface area (Å²) in [4.78, 5) is 32.9. The summed E-state index contributed by atoms with van der Waals surface area (Å²) in [7, 11) is 0. The number of carbonyl (C=O) groups excluding carboxylic acids is 1. The van der Waals surface area contributed by atoms with Gasteiger partial charge in [-0.1, -0.05) is 39.0 Å². The number of carboxylic acids is 1. The quantitative estimate of drug-likeness (QED) is 0.122. The maximum Gasteiger partial charge on any atom is 0.331 e. The Kier molecular flexibility index (Phi) is 9.19. The van der Waals surface area contributed by atoms with Crippen LogP contribution >= 0.6 is 0 Å². The van der Waals surface area contributed by atoms with E-state index in [-0.39, 0.29) is 41.7 Å². The Bertz CT molecular complexity index is 1750. The molecule has 0 bridgehead atoms. The fraction of sp³-hybridized carbons (Fsp3) is 0.429. The van der Waals surface area contributed by atoms with E-state index in [0.29, 0.717) is 29.6 Å². The molecule has 0 saturated heterocycles. The molecular formula is C35H41N5O5. The van der Waals surface area contributed by atoms with Crippen molar-refractivity contribution in [3.8, 4) is 17.1 Å². The zero-order chi connectivity index (χ0) is 32.4. The Morgan fingerprint density at radius 3 is 2.56 bits per heavy atom. The first-order chi connectivity index (χ1) is 21.4. The summed E-state index contributed by atoms with van der Waals surface area (Å²) in [5.41, 5.74) is 5.14. The van der Waals surface area contributed by atoms with Gasteiger partial charge in [-0.3, -0.25) is 14.4 Å². The summed E-state index contributed by atoms with van der Waals surface area (Å²) >= 11 is 0. The molecule has 3 atom stereocenters. The van der Waals surface area contributed by atoms with Gasteiger partial charge in [-0.25, -0.2) is 14.6 Å². The molecule has 10 nitrogen and oxygen atoms in total. The van der Waals surface area contributed by atoms with Crippen LogP contribution in [0.15, 0.2) is 42.6 Å². The van der Waals surface area contributed by atoms with Crippen LogP contribution in [0.25, 0.3) is 21.9 Å². The lowest BCUT2D eigenvalue weighted by Crippen LogP contribution is -2.37. The molecular weight excluding hydrogens is 570 g/mol. The average Bonchev–Trinajstić information content (AvgIpc) is 3.54. The normalized spacial score (nSPS) is 20.4. The fourth-order valence-corrected chi connectivity index (χ4v) is 6.44. The van der Waals surface area contributed by atoms with E-state index in [2.05, 4.69) is 36.0 Å². The molecule has 1 aliphatic rings. The molecule has 236 valence electrons. The van der Waals surface area contributed by atoms with Gasteiger partial charge in [-0.15, -0.1) is 0 Å². The second kappa shape index (κ2) is 13.1. The minimum atomic E-state index is -0.854. The van der Waals surface area contributed by atoms with Crippen LogP contribution in [0.1, 0.15) is 74.9 Å². The largest absolute Gasteiger partial charge is 0.489 e. The number of nitrogens with zero attached hydrogens (tertiary/aromatic N) is 3. The van der Waals surface area contributed by atoms with Gasteiger partial charge >= 0.3 is 11.9 Å². The van der Waals surface area contributed by atoms with Crippen molar-refractivity contribution in [2.45, 2.75) is 79.4 Å². The molecule has 45 heavy (non-hydrogen) atoms. The summed E-state index contributed by atoms with van der Waals surface area (Å²) in [6.45, 7) is 20.0. The van der Waals surface area contributed by atoms with Gasteiger partial charge in [0, 0.05) is 23.9 Å². The van der Waals surface area contributed by atoms with Gasteiger partial charge in [0.05, 0.1) is 18.4 Å². The highest BCUT2D eigenvalue weighted by atomic mass is 16.5. The van der Waals surface area contributed by atoms with Gasteiger partial charge in [0.1, 0.15) is 17.4 Å². The molecule has 10 heteroatoms. The molecule has 0 radical (unpaired) electrons. The number of esters is 1. The van der Waals surface area contributed by atoms with Crippen LogP contribution in [0.5, 0.6) is 5.75 Å². The number of H-pyrrole nitrogens is 1. The molecule has 2 aromatic heterocycles. The Balaban J connectivity index is 1.42. The molecule has 0 amide bonds. The number of carboxylic acid groups (broad SMARTS) is 1. The number of fused-ring (bicyclic) bond motifs is 1. The van der Waals surface area contributed by atoms with E-state index < -0.39 is 11.9 Å². The smallest absolute Gasteiger partial charge is 0.331 e. The van der Waals surface area contributed by atoms with Crippen LogP contribution in [0, 0.1) is 38.2 Å². The third-order valence-electron chi connectivity index (χ3n) is 8.65. The van der Waals surface area contributed by atoms with Gasteiger partial charge in [-0.2, -0.15) is 0 Å². The first kappa shape index (κ1) is 31.6. The van der Waals surface area contributed by atoms with Gasteiger partial charge < -0.3 is 19.9 Å². The predicted octanol–water partition coefficient (Wildman–Crippen LogP) is 8.10. The molecule has 0 aliphatic heterocycles. The summed E-state index contributed by atoms with van der Waals surface area (Å²) in [5.74, 6) is 0.857. The molecule has 4 aromatic rings. The number of hydrogen-bond acceptors (Lipinski definition) is 6. The van der Waals surface area contributed by atoms with E-state index in [9.17, 15) is 9.59 Å². The molecule has 1 fully saturated rings. The van der Waals surface area contributed by atoms with Crippen LogP contribution in [0.2, 0.25) is 0 Å². The number of ether oxygens (including phenoxy) is 2. The average molecular weight is 612 g/mol. The van der Waals surface area contributed by atoms with E-state index in [4.69, 9.17) is 26.1 Å². The molecule has 1 saturated carbocycles. The lowest BCUT2D eigenvalue weighted by molar-refractivity contribution is -0.137. The minimum Gasteiger partial charge on any atom is -0.489 e. The molecule has 5 rings (SSSR count). The maximum absolute atomic E-state index is 13.5. The second-order valence-corrected chi connectivity index (χ2v) is 12.7. The first-order valence-electron chi connectivity index (χ1n) is 15.5. The number of carbonyl (C=O) groups is 2. The highest BCUT2D eigenvalue weighted by Gasteiger charge is 2.35. The summed E-state index contributed by atoms with van der Waals surface area (Å²) in [6, 6.07) is 11.7. The number of rotatable bonds is 10. The Hall–Kier alpha value is -4.78. The van der Waals surface area contributed by atoms with Crippen molar-refractivity contribution in [2.75, 3.05) is 5.32 Å². The number of aliphatic carboxylic acids is 1. The van der Waals surface area contributed by atoms with Crippen molar-refractivity contribution in [1.29, 1.82) is 0 Å². The van der Waals surface area contributed by atoms with Crippen LogP contribution in [-0.2, 0) is 9.53 Å². The lowest BCUT2D eigenvalue weighted by Gasteiger charge is -2.37. The van der Waals surface area contributed by atoms with E-state index in [1.807, 2.05) is 57.2 Å². The monoisotopic (exact) mass is 611 g/mol. The summed E-state index contributed by atoms with van der Waals surface area (Å²) in [5, 5.41) is 15.8. The molecule has 1 aliphatic carbocycles. The van der Waals surface area contributed by atoms with E-state index in [1.54, 1.807) is 10.7 Å². The number of aryl methyl sites for hydroxylation is 2. The molecule has 2 aromatic carbocycles. The highest BCUT2D eigenvalue weighted by molar-refractivity contribution is 6.03. The first-order valence-corrected chi connectivity index (χ1v) is 15.5. The van der Waals surface area contributed by atoms with Crippen molar-refractivity contribution in [1.82, 2.24) is 14.6 Å².